The van der Waals surface area contributed by atoms with Crippen molar-refractivity contribution in [3.05, 3.63) is 29.6 Å². The highest BCUT2D eigenvalue weighted by Crippen LogP contribution is 2.28. The molecule has 3 heterocycles. The van der Waals surface area contributed by atoms with Crippen LogP contribution in [0, 0.1) is 11.7 Å². The van der Waals surface area contributed by atoms with Crippen molar-refractivity contribution in [2.75, 3.05) is 39.4 Å². The number of nitrogens with zero attached hydrogens (tertiary/aromatic N) is 2. The summed E-state index contributed by atoms with van der Waals surface area (Å²) in [5, 5.41) is 0. The molecule has 0 aromatic heterocycles. The number of piperidine rings is 2. The van der Waals surface area contributed by atoms with Crippen molar-refractivity contribution < 1.29 is 27.1 Å². The number of amides is 1. The first kappa shape index (κ1) is 20.7. The Morgan fingerprint density at radius 3 is 2.48 bits per heavy atom. The number of hydrogen-bond acceptors (Lipinski definition) is 5. The van der Waals surface area contributed by atoms with Crippen molar-refractivity contribution in [2.24, 2.45) is 5.92 Å². The molecule has 7 nitrogen and oxygen atoms in total. The second-order valence-electron chi connectivity index (χ2n) is 7.87. The van der Waals surface area contributed by atoms with Gasteiger partial charge < -0.3 is 14.4 Å². The maximum Gasteiger partial charge on any atom is 0.253 e. The van der Waals surface area contributed by atoms with E-state index in [4.69, 9.17) is 9.47 Å². The van der Waals surface area contributed by atoms with E-state index in [1.807, 2.05) is 0 Å². The number of benzene rings is 1. The first-order valence-corrected chi connectivity index (χ1v) is 11.7. The lowest BCUT2D eigenvalue weighted by atomic mass is 9.96. The number of ether oxygens (including phenoxy) is 2. The van der Waals surface area contributed by atoms with Crippen molar-refractivity contribution >= 4 is 15.9 Å². The van der Waals surface area contributed by atoms with Crippen molar-refractivity contribution in [1.82, 2.24) is 9.21 Å². The Labute approximate surface area is 170 Å². The molecule has 3 aliphatic heterocycles. The molecule has 3 aliphatic rings. The van der Waals surface area contributed by atoms with Gasteiger partial charge >= 0.3 is 0 Å². The minimum atomic E-state index is -3.96. The second kappa shape index (κ2) is 8.67. The van der Waals surface area contributed by atoms with E-state index in [0.29, 0.717) is 39.4 Å². The Bertz CT molecular complexity index is 850. The smallest absolute Gasteiger partial charge is 0.253 e. The fraction of sp³-hybridized carbons (Fsp3) is 0.650. The predicted molar refractivity (Wildman–Crippen MR) is 103 cm³/mol. The van der Waals surface area contributed by atoms with Crippen LogP contribution in [0.4, 0.5) is 4.39 Å². The van der Waals surface area contributed by atoms with Gasteiger partial charge in [0.2, 0.25) is 10.0 Å². The van der Waals surface area contributed by atoms with Gasteiger partial charge in [0.05, 0.1) is 13.2 Å². The third kappa shape index (κ3) is 4.33. The second-order valence-corrected chi connectivity index (χ2v) is 9.78. The highest BCUT2D eigenvalue weighted by molar-refractivity contribution is 7.89. The largest absolute Gasteiger partial charge is 0.350 e. The summed E-state index contributed by atoms with van der Waals surface area (Å²) in [4.78, 5) is 14.3. The molecule has 0 bridgehead atoms. The molecule has 1 aromatic rings. The van der Waals surface area contributed by atoms with E-state index >= 15 is 0 Å². The molecule has 4 rings (SSSR count). The molecule has 0 saturated carbocycles. The zero-order chi connectivity index (χ0) is 20.4. The van der Waals surface area contributed by atoms with Gasteiger partial charge in [-0.05, 0) is 43.9 Å². The van der Waals surface area contributed by atoms with Gasteiger partial charge in [-0.2, -0.15) is 4.31 Å². The Morgan fingerprint density at radius 1 is 1.03 bits per heavy atom. The fourth-order valence-electron chi connectivity index (χ4n) is 4.33. The van der Waals surface area contributed by atoms with E-state index in [9.17, 15) is 17.6 Å². The van der Waals surface area contributed by atoms with E-state index in [-0.39, 0.29) is 23.7 Å². The number of rotatable bonds is 4. The van der Waals surface area contributed by atoms with Crippen molar-refractivity contribution in [3.63, 3.8) is 0 Å². The highest BCUT2D eigenvalue weighted by atomic mass is 32.2. The van der Waals surface area contributed by atoms with Crippen molar-refractivity contribution in [2.45, 2.75) is 43.3 Å². The van der Waals surface area contributed by atoms with E-state index < -0.39 is 20.7 Å². The van der Waals surface area contributed by atoms with Gasteiger partial charge in [-0.3, -0.25) is 4.79 Å². The first-order valence-electron chi connectivity index (χ1n) is 10.3. The summed E-state index contributed by atoms with van der Waals surface area (Å²) in [5.41, 5.74) is 0.191. The quantitative estimate of drug-likeness (QED) is 0.738. The minimum Gasteiger partial charge on any atom is -0.350 e. The zero-order valence-electron chi connectivity index (χ0n) is 16.4. The predicted octanol–water partition coefficient (Wildman–Crippen LogP) is 2.23. The van der Waals surface area contributed by atoms with E-state index in [2.05, 4.69) is 0 Å². The lowest BCUT2D eigenvalue weighted by Gasteiger charge is -2.34. The molecule has 1 atom stereocenters. The monoisotopic (exact) mass is 426 g/mol. The van der Waals surface area contributed by atoms with Gasteiger partial charge in [0.1, 0.15) is 10.7 Å². The van der Waals surface area contributed by atoms with E-state index in [0.717, 1.165) is 38.2 Å². The molecule has 160 valence electrons. The summed E-state index contributed by atoms with van der Waals surface area (Å²) in [5.74, 6) is -1.02. The maximum absolute atomic E-state index is 14.4. The Balaban J connectivity index is 1.54. The van der Waals surface area contributed by atoms with Crippen LogP contribution in [0.5, 0.6) is 0 Å². The standard InChI is InChI=1S/C20H27FN2O5S/c21-17-7-6-15(13-18(17)29(25,26)23-9-2-1-3-10-23)19(24)22-8-4-5-16(14-22)20-27-11-12-28-20/h6-7,13,16,20H,1-5,8-12,14H2. The van der Waals surface area contributed by atoms with Crippen LogP contribution >= 0.6 is 0 Å². The van der Waals surface area contributed by atoms with Crippen molar-refractivity contribution in [1.29, 1.82) is 0 Å². The lowest BCUT2D eigenvalue weighted by Crippen LogP contribution is -2.44. The molecule has 3 fully saturated rings. The van der Waals surface area contributed by atoms with Gasteiger partial charge in [0.15, 0.2) is 6.29 Å². The van der Waals surface area contributed by atoms with Crippen molar-refractivity contribution in [3.8, 4) is 0 Å². The normalized spacial score (nSPS) is 24.7. The SMILES string of the molecule is O=C(c1ccc(F)c(S(=O)(=O)N2CCCCC2)c1)N1CCCC(C2OCCO2)C1. The summed E-state index contributed by atoms with van der Waals surface area (Å²) in [7, 11) is -3.96. The minimum absolute atomic E-state index is 0.0900. The molecule has 0 spiro atoms. The number of likely N-dealkylation sites (tertiary alicyclic amines) is 1. The number of halogens is 1. The zero-order valence-corrected chi connectivity index (χ0v) is 17.2. The molecule has 9 heteroatoms. The van der Waals surface area contributed by atoms with Crippen LogP contribution in [-0.2, 0) is 19.5 Å². The number of sulfonamides is 1. The molecular formula is C20H27FN2O5S. The third-order valence-corrected chi connectivity index (χ3v) is 7.80. The molecular weight excluding hydrogens is 399 g/mol. The summed E-state index contributed by atoms with van der Waals surface area (Å²) in [6.45, 7) is 2.95. The number of carbonyl (C=O) groups excluding carboxylic acids is 1. The molecule has 29 heavy (non-hydrogen) atoms. The van der Waals surface area contributed by atoms with Gasteiger partial charge in [-0.25, -0.2) is 12.8 Å². The molecule has 1 unspecified atom stereocenters. The molecule has 1 amide bonds. The average Bonchev–Trinajstić information content (AvgIpc) is 3.29. The van der Waals surface area contributed by atoms with Crippen LogP contribution in [0.25, 0.3) is 0 Å². The van der Waals surface area contributed by atoms with Crippen LogP contribution < -0.4 is 0 Å². The number of carbonyl (C=O) groups is 1. The summed E-state index contributed by atoms with van der Waals surface area (Å²) in [6.07, 6.45) is 3.93. The number of hydrogen-bond donors (Lipinski definition) is 0. The molecule has 3 saturated heterocycles. The first-order chi connectivity index (χ1) is 14.0. The Morgan fingerprint density at radius 2 is 1.76 bits per heavy atom. The Hall–Kier alpha value is -1.55. The van der Waals surface area contributed by atoms with Gasteiger partial charge in [-0.1, -0.05) is 6.42 Å². The molecule has 1 aromatic carbocycles. The highest BCUT2D eigenvalue weighted by Gasteiger charge is 2.34. The van der Waals surface area contributed by atoms with E-state index in [1.165, 1.54) is 16.4 Å². The van der Waals surface area contributed by atoms with Gasteiger partial charge in [0.25, 0.3) is 5.91 Å². The molecule has 0 N–H and O–H groups in total. The summed E-state index contributed by atoms with van der Waals surface area (Å²) < 4.78 is 52.7. The fourth-order valence-corrected chi connectivity index (χ4v) is 5.93. The van der Waals surface area contributed by atoms with Crippen LogP contribution in [0.3, 0.4) is 0 Å². The molecule has 0 radical (unpaired) electrons. The van der Waals surface area contributed by atoms with Crippen LogP contribution in [-0.4, -0.2) is 69.2 Å². The van der Waals surface area contributed by atoms with Crippen LogP contribution in [0.15, 0.2) is 23.1 Å². The Kier molecular flexibility index (Phi) is 6.19. The summed E-state index contributed by atoms with van der Waals surface area (Å²) in [6, 6.07) is 3.63. The van der Waals surface area contributed by atoms with E-state index in [1.54, 1.807) is 4.90 Å². The van der Waals surface area contributed by atoms with Crippen LogP contribution in [0.1, 0.15) is 42.5 Å². The van der Waals surface area contributed by atoms with Gasteiger partial charge in [-0.15, -0.1) is 0 Å². The topological polar surface area (TPSA) is 76.2 Å². The summed E-state index contributed by atoms with van der Waals surface area (Å²) >= 11 is 0. The van der Waals surface area contributed by atoms with Crippen LogP contribution in [0.2, 0.25) is 0 Å². The average molecular weight is 427 g/mol. The lowest BCUT2D eigenvalue weighted by molar-refractivity contribution is -0.0969. The molecule has 0 aliphatic carbocycles. The maximum atomic E-state index is 14.4. The van der Waals surface area contributed by atoms with Gasteiger partial charge in [0, 0.05) is 37.7 Å². The third-order valence-electron chi connectivity index (χ3n) is 5.89.